The molecular weight excluding hydrogens is 430 g/mol. The monoisotopic (exact) mass is 451 g/mol. The van der Waals surface area contributed by atoms with Crippen molar-refractivity contribution in [2.45, 2.75) is 32.7 Å². The van der Waals surface area contributed by atoms with Gasteiger partial charge in [0.15, 0.2) is 5.65 Å². The minimum atomic E-state index is -0.559. The van der Waals surface area contributed by atoms with Gasteiger partial charge in [0.2, 0.25) is 5.91 Å². The van der Waals surface area contributed by atoms with E-state index in [9.17, 15) is 14.4 Å². The molecule has 0 bridgehead atoms. The molecule has 32 heavy (non-hydrogen) atoms. The lowest BCUT2D eigenvalue weighted by atomic mass is 9.89. The van der Waals surface area contributed by atoms with Crippen LogP contribution in [-0.4, -0.2) is 38.2 Å². The van der Waals surface area contributed by atoms with Crippen LogP contribution in [0.25, 0.3) is 15.9 Å². The van der Waals surface area contributed by atoms with E-state index in [1.165, 1.54) is 28.3 Å². The van der Waals surface area contributed by atoms with Crippen LogP contribution in [-0.2, 0) is 28.9 Å². The van der Waals surface area contributed by atoms with E-state index in [0.29, 0.717) is 17.3 Å². The van der Waals surface area contributed by atoms with Gasteiger partial charge in [-0.1, -0.05) is 19.1 Å². The number of ether oxygens (including phenoxy) is 1. The molecule has 1 aliphatic carbocycles. The third-order valence-electron chi connectivity index (χ3n) is 5.78. The Kier molecular flexibility index (Phi) is 5.01. The number of para-hydroxylation sites is 1. The van der Waals surface area contributed by atoms with Crippen LogP contribution in [0.1, 0.15) is 34.1 Å². The topological polar surface area (TPSA) is 108 Å². The van der Waals surface area contributed by atoms with Crippen molar-refractivity contribution >= 4 is 44.8 Å². The molecule has 4 aromatic rings. The quantitative estimate of drug-likeness (QED) is 0.478. The van der Waals surface area contributed by atoms with Gasteiger partial charge in [0, 0.05) is 4.88 Å². The first-order valence-corrected chi connectivity index (χ1v) is 11.1. The van der Waals surface area contributed by atoms with Crippen molar-refractivity contribution in [1.29, 1.82) is 0 Å². The minimum absolute atomic E-state index is 0.232. The highest BCUT2D eigenvalue weighted by Gasteiger charge is 2.24. The standard InChI is InChI=1S/C22H21N5O4S/c1-12-7-8-14-16(9-12)32-20-18(14)19-25-27(22(30)26(19)11-23-20)10-17(28)24-15-6-4-3-5-13(15)21(29)31-2/h3-6,11-12H,7-10H2,1-2H3,(H,24,28)/t12-/m1/s1. The average molecular weight is 452 g/mol. The highest BCUT2D eigenvalue weighted by atomic mass is 32.1. The van der Waals surface area contributed by atoms with Gasteiger partial charge in [-0.3, -0.25) is 4.79 Å². The second-order valence-corrected chi connectivity index (χ2v) is 9.08. The molecular formula is C22H21N5O4S. The van der Waals surface area contributed by atoms with Crippen molar-refractivity contribution in [3.63, 3.8) is 0 Å². The van der Waals surface area contributed by atoms with Crippen molar-refractivity contribution in [1.82, 2.24) is 19.2 Å². The lowest BCUT2D eigenvalue weighted by Crippen LogP contribution is -2.28. The summed E-state index contributed by atoms with van der Waals surface area (Å²) in [5.41, 5.74) is 1.85. The molecule has 5 rings (SSSR count). The molecule has 3 aromatic heterocycles. The summed E-state index contributed by atoms with van der Waals surface area (Å²) in [7, 11) is 1.27. The number of hydrogen-bond donors (Lipinski definition) is 1. The molecule has 10 heteroatoms. The number of hydrogen-bond acceptors (Lipinski definition) is 7. The summed E-state index contributed by atoms with van der Waals surface area (Å²) >= 11 is 1.66. The van der Waals surface area contributed by atoms with Gasteiger partial charge in [0.05, 0.1) is 23.7 Å². The maximum atomic E-state index is 12.9. The molecule has 3 heterocycles. The third-order valence-corrected chi connectivity index (χ3v) is 6.94. The van der Waals surface area contributed by atoms with Crippen LogP contribution in [0.2, 0.25) is 0 Å². The number of aryl methyl sites for hydroxylation is 1. The van der Waals surface area contributed by atoms with Crippen LogP contribution in [0.3, 0.4) is 0 Å². The number of carbonyl (C=O) groups is 2. The lowest BCUT2D eigenvalue weighted by molar-refractivity contribution is -0.117. The normalized spacial score (nSPS) is 15.6. The van der Waals surface area contributed by atoms with Gasteiger partial charge in [0.1, 0.15) is 17.7 Å². The van der Waals surface area contributed by atoms with Crippen molar-refractivity contribution in [3.05, 3.63) is 57.1 Å². The van der Waals surface area contributed by atoms with Gasteiger partial charge in [-0.2, -0.15) is 0 Å². The highest BCUT2D eigenvalue weighted by Crippen LogP contribution is 2.38. The summed E-state index contributed by atoms with van der Waals surface area (Å²) < 4.78 is 7.27. The molecule has 1 aliphatic rings. The van der Waals surface area contributed by atoms with Crippen LogP contribution in [0.4, 0.5) is 5.69 Å². The van der Waals surface area contributed by atoms with Gasteiger partial charge in [0.25, 0.3) is 0 Å². The van der Waals surface area contributed by atoms with E-state index in [1.54, 1.807) is 35.6 Å². The van der Waals surface area contributed by atoms with Crippen LogP contribution in [0, 0.1) is 5.92 Å². The first-order chi connectivity index (χ1) is 15.5. The number of benzene rings is 1. The summed E-state index contributed by atoms with van der Waals surface area (Å²) in [6, 6.07) is 6.53. The number of fused-ring (bicyclic) bond motifs is 5. The SMILES string of the molecule is COC(=O)c1ccccc1NC(=O)Cn1nc2c3c4c(sc3ncn2c1=O)C[C@H](C)CC4. The second-order valence-electron chi connectivity index (χ2n) is 8.00. The molecule has 0 radical (unpaired) electrons. The van der Waals surface area contributed by atoms with Gasteiger partial charge < -0.3 is 10.1 Å². The molecule has 164 valence electrons. The summed E-state index contributed by atoms with van der Waals surface area (Å²) in [5, 5.41) is 8.06. The Hall–Kier alpha value is -3.53. The predicted octanol–water partition coefficient (Wildman–Crippen LogP) is 2.66. The van der Waals surface area contributed by atoms with Crippen LogP contribution >= 0.6 is 11.3 Å². The Balaban J connectivity index is 1.49. The Morgan fingerprint density at radius 3 is 2.94 bits per heavy atom. The molecule has 1 amide bonds. The molecule has 0 fully saturated rings. The van der Waals surface area contributed by atoms with E-state index in [1.807, 2.05) is 0 Å². The molecule has 0 unspecified atom stereocenters. The fraction of sp³-hybridized carbons (Fsp3) is 0.318. The maximum absolute atomic E-state index is 12.9. The molecule has 0 aliphatic heterocycles. The molecule has 0 saturated heterocycles. The van der Waals surface area contributed by atoms with Gasteiger partial charge in [-0.05, 0) is 42.9 Å². The third kappa shape index (κ3) is 3.36. The van der Waals surface area contributed by atoms with Crippen LogP contribution in [0.15, 0.2) is 35.4 Å². The molecule has 0 spiro atoms. The number of carbonyl (C=O) groups excluding carboxylic acids is 2. The average Bonchev–Trinajstić information content (AvgIpc) is 3.30. The maximum Gasteiger partial charge on any atom is 0.352 e. The van der Waals surface area contributed by atoms with Gasteiger partial charge in [-0.25, -0.2) is 23.7 Å². The Morgan fingerprint density at radius 1 is 1.31 bits per heavy atom. The first kappa shape index (κ1) is 20.4. The number of thiophene rings is 1. The zero-order valence-electron chi connectivity index (χ0n) is 17.6. The summed E-state index contributed by atoms with van der Waals surface area (Å²) in [4.78, 5) is 44.1. The van der Waals surface area contributed by atoms with Gasteiger partial charge >= 0.3 is 11.7 Å². The number of nitrogens with one attached hydrogen (secondary N) is 1. The van der Waals surface area contributed by atoms with E-state index >= 15 is 0 Å². The predicted molar refractivity (Wildman–Crippen MR) is 120 cm³/mol. The Labute approximate surface area is 186 Å². The summed E-state index contributed by atoms with van der Waals surface area (Å²) in [5.74, 6) is -0.407. The molecule has 0 saturated carbocycles. The number of aromatic nitrogens is 4. The summed E-state index contributed by atoms with van der Waals surface area (Å²) in [6.07, 6.45) is 4.51. The number of nitrogens with zero attached hydrogens (tertiary/aromatic N) is 4. The van der Waals surface area contributed by atoms with Crippen molar-refractivity contribution in [3.8, 4) is 0 Å². The molecule has 1 N–H and O–H groups in total. The zero-order valence-corrected chi connectivity index (χ0v) is 18.4. The molecule has 9 nitrogen and oxygen atoms in total. The molecule has 1 aromatic carbocycles. The second kappa shape index (κ2) is 7.86. The number of methoxy groups -OCH3 is 1. The lowest BCUT2D eigenvalue weighted by Gasteiger charge is -2.17. The van der Waals surface area contributed by atoms with Gasteiger partial charge in [-0.15, -0.1) is 16.4 Å². The summed E-state index contributed by atoms with van der Waals surface area (Å²) in [6.45, 7) is 1.95. The fourth-order valence-corrected chi connectivity index (χ4v) is 5.52. The van der Waals surface area contributed by atoms with Crippen LogP contribution < -0.4 is 11.0 Å². The van der Waals surface area contributed by atoms with E-state index in [-0.39, 0.29) is 12.1 Å². The fourth-order valence-electron chi connectivity index (χ4n) is 4.17. The molecule has 1 atom stereocenters. The minimum Gasteiger partial charge on any atom is -0.465 e. The zero-order chi connectivity index (χ0) is 22.4. The Bertz CT molecular complexity index is 1430. The number of anilines is 1. The Morgan fingerprint density at radius 2 is 2.12 bits per heavy atom. The number of esters is 1. The van der Waals surface area contributed by atoms with Crippen molar-refractivity contribution in [2.24, 2.45) is 5.92 Å². The van der Waals surface area contributed by atoms with Crippen molar-refractivity contribution in [2.75, 3.05) is 12.4 Å². The van der Waals surface area contributed by atoms with E-state index < -0.39 is 17.6 Å². The number of rotatable bonds is 4. The van der Waals surface area contributed by atoms with E-state index in [4.69, 9.17) is 4.74 Å². The number of amides is 1. The van der Waals surface area contributed by atoms with Crippen LogP contribution in [0.5, 0.6) is 0 Å². The van der Waals surface area contributed by atoms with E-state index in [0.717, 1.165) is 34.2 Å². The van der Waals surface area contributed by atoms with Crippen molar-refractivity contribution < 1.29 is 14.3 Å². The van der Waals surface area contributed by atoms with E-state index in [2.05, 4.69) is 22.3 Å². The first-order valence-electron chi connectivity index (χ1n) is 10.3. The smallest absolute Gasteiger partial charge is 0.352 e. The highest BCUT2D eigenvalue weighted by molar-refractivity contribution is 7.19. The largest absolute Gasteiger partial charge is 0.465 e.